The van der Waals surface area contributed by atoms with Crippen molar-refractivity contribution in [1.82, 2.24) is 15.5 Å². The van der Waals surface area contributed by atoms with Crippen LogP contribution in [0.3, 0.4) is 0 Å². The topological polar surface area (TPSA) is 75.1 Å². The Morgan fingerprint density at radius 1 is 1.53 bits per heavy atom. The van der Waals surface area contributed by atoms with Gasteiger partial charge in [-0.3, -0.25) is 4.79 Å². The minimum Gasteiger partial charge on any atom is -0.392 e. The smallest absolute Gasteiger partial charge is 0.253 e. The van der Waals surface area contributed by atoms with E-state index in [1.807, 2.05) is 27.7 Å². The Morgan fingerprint density at radius 2 is 2.21 bits per heavy atom. The standard InChI is InChI=1S/C14H21N3O2/c1-5-10-9(6-8(2)16-17-10)13(19)15-11-7-12(18)14(11,3)4/h6,11-12,18H,5,7H2,1-4H3,(H,15,19). The second-order valence-corrected chi connectivity index (χ2v) is 5.80. The maximum absolute atomic E-state index is 12.3. The number of hydrogen-bond donors (Lipinski definition) is 2. The van der Waals surface area contributed by atoms with Gasteiger partial charge in [0.15, 0.2) is 0 Å². The molecular formula is C14H21N3O2. The summed E-state index contributed by atoms with van der Waals surface area (Å²) < 4.78 is 0. The van der Waals surface area contributed by atoms with E-state index in [-0.39, 0.29) is 23.5 Å². The number of aliphatic hydroxyl groups is 1. The van der Waals surface area contributed by atoms with E-state index in [1.165, 1.54) is 0 Å². The van der Waals surface area contributed by atoms with Crippen LogP contribution in [0.5, 0.6) is 0 Å². The molecule has 2 atom stereocenters. The molecule has 2 rings (SSSR count). The summed E-state index contributed by atoms with van der Waals surface area (Å²) in [6.07, 6.45) is 0.936. The van der Waals surface area contributed by atoms with Crippen molar-refractivity contribution in [2.24, 2.45) is 5.41 Å². The molecule has 104 valence electrons. The number of amides is 1. The number of carbonyl (C=O) groups is 1. The Kier molecular flexibility index (Phi) is 3.58. The maximum Gasteiger partial charge on any atom is 0.253 e. The number of nitrogens with zero attached hydrogens (tertiary/aromatic N) is 2. The van der Waals surface area contributed by atoms with Gasteiger partial charge in [-0.1, -0.05) is 20.8 Å². The van der Waals surface area contributed by atoms with E-state index in [0.29, 0.717) is 24.1 Å². The van der Waals surface area contributed by atoms with E-state index in [2.05, 4.69) is 15.5 Å². The molecule has 5 nitrogen and oxygen atoms in total. The van der Waals surface area contributed by atoms with Crippen LogP contribution in [0, 0.1) is 12.3 Å². The van der Waals surface area contributed by atoms with Crippen LogP contribution in [-0.2, 0) is 6.42 Å². The van der Waals surface area contributed by atoms with Gasteiger partial charge in [-0.2, -0.15) is 10.2 Å². The molecule has 2 unspecified atom stereocenters. The van der Waals surface area contributed by atoms with Gasteiger partial charge in [0.25, 0.3) is 5.91 Å². The lowest BCUT2D eigenvalue weighted by Gasteiger charge is -2.49. The van der Waals surface area contributed by atoms with Gasteiger partial charge in [-0.15, -0.1) is 0 Å². The molecule has 0 saturated heterocycles. The van der Waals surface area contributed by atoms with Gasteiger partial charge in [-0.05, 0) is 25.8 Å². The normalized spacial score (nSPS) is 24.7. The molecular weight excluding hydrogens is 242 g/mol. The van der Waals surface area contributed by atoms with Crippen molar-refractivity contribution < 1.29 is 9.90 Å². The van der Waals surface area contributed by atoms with Gasteiger partial charge >= 0.3 is 0 Å². The zero-order valence-corrected chi connectivity index (χ0v) is 11.9. The first kappa shape index (κ1) is 13.9. The van der Waals surface area contributed by atoms with E-state index < -0.39 is 0 Å². The van der Waals surface area contributed by atoms with Crippen molar-refractivity contribution in [3.8, 4) is 0 Å². The Bertz CT molecular complexity index is 499. The lowest BCUT2D eigenvalue weighted by Crippen LogP contribution is -2.61. The summed E-state index contributed by atoms with van der Waals surface area (Å²) in [6.45, 7) is 7.69. The summed E-state index contributed by atoms with van der Waals surface area (Å²) in [5.41, 5.74) is 1.76. The molecule has 1 aromatic rings. The second-order valence-electron chi connectivity index (χ2n) is 5.80. The minimum absolute atomic E-state index is 0.00757. The van der Waals surface area contributed by atoms with Gasteiger partial charge in [0, 0.05) is 11.5 Å². The molecule has 1 heterocycles. The molecule has 1 aromatic heterocycles. The Hall–Kier alpha value is -1.49. The van der Waals surface area contributed by atoms with Crippen LogP contribution in [0.2, 0.25) is 0 Å². The summed E-state index contributed by atoms with van der Waals surface area (Å²) >= 11 is 0. The van der Waals surface area contributed by atoms with Crippen LogP contribution >= 0.6 is 0 Å². The Balaban J connectivity index is 2.15. The third-order valence-corrected chi connectivity index (χ3v) is 4.09. The molecule has 0 aromatic carbocycles. The monoisotopic (exact) mass is 263 g/mol. The lowest BCUT2D eigenvalue weighted by atomic mass is 9.64. The van der Waals surface area contributed by atoms with Crippen molar-refractivity contribution in [2.45, 2.75) is 52.7 Å². The van der Waals surface area contributed by atoms with Gasteiger partial charge in [0.05, 0.1) is 23.1 Å². The zero-order chi connectivity index (χ0) is 14.2. The molecule has 1 aliphatic carbocycles. The summed E-state index contributed by atoms with van der Waals surface area (Å²) in [5, 5.41) is 20.7. The van der Waals surface area contributed by atoms with E-state index in [4.69, 9.17) is 0 Å². The highest BCUT2D eigenvalue weighted by Crippen LogP contribution is 2.40. The third kappa shape index (κ3) is 2.47. The fourth-order valence-corrected chi connectivity index (χ4v) is 2.36. The molecule has 1 fully saturated rings. The van der Waals surface area contributed by atoms with Crippen LogP contribution in [-0.4, -0.2) is 33.4 Å². The summed E-state index contributed by atoms with van der Waals surface area (Å²) in [6, 6.07) is 1.77. The predicted octanol–water partition coefficient (Wildman–Crippen LogP) is 1.24. The summed E-state index contributed by atoms with van der Waals surface area (Å²) in [4.78, 5) is 12.3. The minimum atomic E-state index is -0.347. The first-order chi connectivity index (χ1) is 8.86. The van der Waals surface area contributed by atoms with E-state index in [0.717, 1.165) is 5.69 Å². The van der Waals surface area contributed by atoms with Crippen molar-refractivity contribution in [3.63, 3.8) is 0 Å². The second kappa shape index (κ2) is 4.89. The molecule has 1 saturated carbocycles. The quantitative estimate of drug-likeness (QED) is 0.860. The molecule has 5 heteroatoms. The van der Waals surface area contributed by atoms with Crippen LogP contribution in [0.15, 0.2) is 6.07 Å². The van der Waals surface area contributed by atoms with Crippen molar-refractivity contribution in [3.05, 3.63) is 23.0 Å². The third-order valence-electron chi connectivity index (χ3n) is 4.09. The Morgan fingerprint density at radius 3 is 2.74 bits per heavy atom. The van der Waals surface area contributed by atoms with E-state index in [9.17, 15) is 9.90 Å². The molecule has 0 radical (unpaired) electrons. The van der Waals surface area contributed by atoms with Crippen molar-refractivity contribution >= 4 is 5.91 Å². The van der Waals surface area contributed by atoms with Gasteiger partial charge in [0.2, 0.25) is 0 Å². The van der Waals surface area contributed by atoms with Crippen LogP contribution in [0.4, 0.5) is 0 Å². The summed E-state index contributed by atoms with van der Waals surface area (Å²) in [7, 11) is 0. The predicted molar refractivity (Wildman–Crippen MR) is 71.8 cm³/mol. The van der Waals surface area contributed by atoms with Gasteiger partial charge in [-0.25, -0.2) is 0 Å². The van der Waals surface area contributed by atoms with Crippen LogP contribution in [0.1, 0.15) is 48.9 Å². The number of nitrogens with one attached hydrogen (secondary N) is 1. The van der Waals surface area contributed by atoms with Crippen molar-refractivity contribution in [2.75, 3.05) is 0 Å². The zero-order valence-electron chi connectivity index (χ0n) is 11.9. The highest BCUT2D eigenvalue weighted by molar-refractivity contribution is 5.95. The number of rotatable bonds is 3. The first-order valence-corrected chi connectivity index (χ1v) is 6.68. The molecule has 0 spiro atoms. The number of aliphatic hydroxyl groups excluding tert-OH is 1. The van der Waals surface area contributed by atoms with Gasteiger partial charge < -0.3 is 10.4 Å². The SMILES string of the molecule is CCc1nnc(C)cc1C(=O)NC1CC(O)C1(C)C. The van der Waals surface area contributed by atoms with E-state index >= 15 is 0 Å². The number of aromatic nitrogens is 2. The van der Waals surface area contributed by atoms with Crippen LogP contribution < -0.4 is 5.32 Å². The average Bonchev–Trinajstić information content (AvgIpc) is 2.38. The average molecular weight is 263 g/mol. The molecule has 1 amide bonds. The number of aryl methyl sites for hydroxylation is 2. The largest absolute Gasteiger partial charge is 0.392 e. The summed E-state index contributed by atoms with van der Waals surface area (Å²) in [5.74, 6) is -0.125. The van der Waals surface area contributed by atoms with Crippen molar-refractivity contribution in [1.29, 1.82) is 0 Å². The van der Waals surface area contributed by atoms with Crippen LogP contribution in [0.25, 0.3) is 0 Å². The Labute approximate surface area is 113 Å². The highest BCUT2D eigenvalue weighted by atomic mass is 16.3. The lowest BCUT2D eigenvalue weighted by molar-refractivity contribution is -0.0689. The molecule has 1 aliphatic rings. The number of carbonyl (C=O) groups excluding carboxylic acids is 1. The molecule has 2 N–H and O–H groups in total. The molecule has 0 bridgehead atoms. The fourth-order valence-electron chi connectivity index (χ4n) is 2.36. The van der Waals surface area contributed by atoms with E-state index in [1.54, 1.807) is 6.07 Å². The number of hydrogen-bond acceptors (Lipinski definition) is 4. The molecule has 19 heavy (non-hydrogen) atoms. The fraction of sp³-hybridized carbons (Fsp3) is 0.643. The molecule has 0 aliphatic heterocycles. The van der Waals surface area contributed by atoms with Gasteiger partial charge in [0.1, 0.15) is 0 Å². The maximum atomic E-state index is 12.3. The highest BCUT2D eigenvalue weighted by Gasteiger charge is 2.48. The first-order valence-electron chi connectivity index (χ1n) is 6.68.